The molecule has 6 atom stereocenters. The van der Waals surface area contributed by atoms with Crippen LogP contribution in [-0.4, -0.2) is 28.9 Å². The van der Waals surface area contributed by atoms with Gasteiger partial charge in [-0.2, -0.15) is 8.42 Å². The molecule has 2 N–H and O–H groups in total. The summed E-state index contributed by atoms with van der Waals surface area (Å²) in [5.41, 5.74) is -0.867. The highest BCUT2D eigenvalue weighted by molar-refractivity contribution is 7.86. The van der Waals surface area contributed by atoms with Crippen molar-refractivity contribution in [1.82, 2.24) is 0 Å². The molecule has 104 valence electrons. The second-order valence-electron chi connectivity index (χ2n) is 6.88. The van der Waals surface area contributed by atoms with Crippen LogP contribution in [0, 0.1) is 23.7 Å². The van der Waals surface area contributed by atoms with Crippen LogP contribution in [0.1, 0.15) is 45.4 Å². The highest BCUT2D eigenvalue weighted by atomic mass is 32.2. The molecule has 4 saturated carbocycles. The smallest absolute Gasteiger partial charge is 0.267 e. The summed E-state index contributed by atoms with van der Waals surface area (Å²) in [4.78, 5) is 0. The van der Waals surface area contributed by atoms with Crippen LogP contribution in [0.5, 0.6) is 0 Å². The third kappa shape index (κ3) is 2.00. The third-order valence-corrected chi connectivity index (χ3v) is 6.87. The van der Waals surface area contributed by atoms with Gasteiger partial charge in [-0.1, -0.05) is 0 Å². The summed E-state index contributed by atoms with van der Waals surface area (Å²) in [6.45, 7) is 1.55. The van der Waals surface area contributed by atoms with Gasteiger partial charge in [0, 0.05) is 5.92 Å². The Kier molecular flexibility index (Phi) is 2.81. The fourth-order valence-electron chi connectivity index (χ4n) is 5.03. The van der Waals surface area contributed by atoms with E-state index in [2.05, 4.69) is 0 Å². The van der Waals surface area contributed by atoms with Gasteiger partial charge >= 0.3 is 0 Å². The van der Waals surface area contributed by atoms with E-state index in [4.69, 9.17) is 0 Å². The Labute approximate surface area is 109 Å². The molecule has 4 nitrogen and oxygen atoms in total. The molecule has 2 unspecified atom stereocenters. The first-order chi connectivity index (χ1) is 8.28. The van der Waals surface area contributed by atoms with E-state index in [0.29, 0.717) is 17.8 Å². The van der Waals surface area contributed by atoms with Crippen molar-refractivity contribution >= 4 is 10.1 Å². The van der Waals surface area contributed by atoms with E-state index in [9.17, 15) is 18.1 Å². The van der Waals surface area contributed by atoms with Gasteiger partial charge in [0.1, 0.15) is 0 Å². The van der Waals surface area contributed by atoms with E-state index in [1.165, 1.54) is 6.42 Å². The topological polar surface area (TPSA) is 74.6 Å². The van der Waals surface area contributed by atoms with Crippen LogP contribution in [0.15, 0.2) is 0 Å². The van der Waals surface area contributed by atoms with Gasteiger partial charge in [0.2, 0.25) is 0 Å². The van der Waals surface area contributed by atoms with Crippen molar-refractivity contribution in [3.63, 3.8) is 0 Å². The zero-order chi connectivity index (χ0) is 13.1. The molecular formula is C13H22O4S. The van der Waals surface area contributed by atoms with Crippen molar-refractivity contribution < 1.29 is 18.1 Å². The first-order valence-electron chi connectivity index (χ1n) is 6.96. The summed E-state index contributed by atoms with van der Waals surface area (Å²) in [7, 11) is -4.06. The summed E-state index contributed by atoms with van der Waals surface area (Å²) >= 11 is 0. The summed E-state index contributed by atoms with van der Waals surface area (Å²) in [5.74, 6) is 1.37. The quantitative estimate of drug-likeness (QED) is 0.753. The highest BCUT2D eigenvalue weighted by Crippen LogP contribution is 2.56. The molecule has 4 bridgehead atoms. The number of rotatable bonds is 2. The molecule has 0 aromatic rings. The zero-order valence-electron chi connectivity index (χ0n) is 10.7. The van der Waals surface area contributed by atoms with Crippen molar-refractivity contribution in [1.29, 1.82) is 0 Å². The Morgan fingerprint density at radius 3 is 2.06 bits per heavy atom. The lowest BCUT2D eigenvalue weighted by Crippen LogP contribution is -2.48. The van der Waals surface area contributed by atoms with E-state index in [1.807, 2.05) is 0 Å². The van der Waals surface area contributed by atoms with E-state index < -0.39 is 21.0 Å². The number of fused-ring (bicyclic) bond motifs is 1. The second kappa shape index (κ2) is 3.93. The molecule has 4 aliphatic rings. The minimum atomic E-state index is -4.06. The monoisotopic (exact) mass is 274 g/mol. The molecule has 0 radical (unpaired) electrons. The van der Waals surface area contributed by atoms with Crippen LogP contribution in [0.4, 0.5) is 0 Å². The Morgan fingerprint density at radius 2 is 1.56 bits per heavy atom. The lowest BCUT2D eigenvalue weighted by molar-refractivity contribution is -0.0743. The van der Waals surface area contributed by atoms with Gasteiger partial charge in [0.05, 0.1) is 10.9 Å². The summed E-state index contributed by atoms with van der Waals surface area (Å²) in [5, 5.41) is 10.1. The first-order valence-corrected chi connectivity index (χ1v) is 8.47. The molecule has 0 aromatic heterocycles. The maximum atomic E-state index is 11.4. The van der Waals surface area contributed by atoms with E-state index in [-0.39, 0.29) is 5.92 Å². The Balaban J connectivity index is 1.96. The standard InChI is InChI=1S/C13H22O4S/c1-8(18(15,16)17)12-5-9-2-10-4-11(3-9)7-13(12,14)6-10/h8-12,14H,2-7H2,1H3,(H,15,16,17)/t8-,9?,10-,11+,12+,13?/m0/s1. The average molecular weight is 274 g/mol. The van der Waals surface area contributed by atoms with Gasteiger partial charge in [-0.3, -0.25) is 4.55 Å². The summed E-state index contributed by atoms with van der Waals surface area (Å²) in [6.07, 6.45) is 5.67. The van der Waals surface area contributed by atoms with Gasteiger partial charge < -0.3 is 5.11 Å². The molecule has 5 heteroatoms. The van der Waals surface area contributed by atoms with E-state index in [0.717, 1.165) is 32.1 Å². The fourth-order valence-corrected chi connectivity index (χ4v) is 5.81. The maximum absolute atomic E-state index is 11.4. The first kappa shape index (κ1) is 12.9. The van der Waals surface area contributed by atoms with Gasteiger partial charge in [0.15, 0.2) is 0 Å². The average Bonchev–Trinajstić information content (AvgIpc) is 2.36. The normalized spacial score (nSPS) is 49.1. The molecule has 4 fully saturated rings. The number of aliphatic hydroxyl groups is 1. The van der Waals surface area contributed by atoms with Crippen molar-refractivity contribution in [2.45, 2.75) is 56.3 Å². The van der Waals surface area contributed by atoms with Crippen LogP contribution in [0.2, 0.25) is 0 Å². The number of hydrogen-bond acceptors (Lipinski definition) is 3. The number of hydrogen-bond donors (Lipinski definition) is 2. The van der Waals surface area contributed by atoms with Gasteiger partial charge in [-0.05, 0) is 63.2 Å². The van der Waals surface area contributed by atoms with Crippen molar-refractivity contribution in [2.24, 2.45) is 23.7 Å². The van der Waals surface area contributed by atoms with Crippen molar-refractivity contribution in [3.05, 3.63) is 0 Å². The van der Waals surface area contributed by atoms with Gasteiger partial charge in [0.25, 0.3) is 10.1 Å². The molecule has 0 aliphatic heterocycles. The Hall–Kier alpha value is -0.130. The van der Waals surface area contributed by atoms with E-state index >= 15 is 0 Å². The Morgan fingerprint density at radius 1 is 1.06 bits per heavy atom. The second-order valence-corrected chi connectivity index (χ2v) is 8.65. The van der Waals surface area contributed by atoms with Crippen LogP contribution in [-0.2, 0) is 10.1 Å². The third-order valence-electron chi connectivity index (χ3n) is 5.60. The molecule has 0 spiro atoms. The Bertz CT molecular complexity index is 430. The predicted octanol–water partition coefficient (Wildman–Crippen LogP) is 1.84. The highest BCUT2D eigenvalue weighted by Gasteiger charge is 2.54. The fraction of sp³-hybridized carbons (Fsp3) is 1.00. The lowest BCUT2D eigenvalue weighted by atomic mass is 9.65. The van der Waals surface area contributed by atoms with Crippen LogP contribution in [0.3, 0.4) is 0 Å². The minimum absolute atomic E-state index is 0.298. The zero-order valence-corrected chi connectivity index (χ0v) is 11.6. The molecule has 0 amide bonds. The summed E-state index contributed by atoms with van der Waals surface area (Å²) < 4.78 is 32.1. The SMILES string of the molecule is C[C@@H]([C@H]1CC2C[C@@H]3C[C@H](C2)CC1(O)C3)S(=O)(=O)O. The molecule has 0 aromatic carbocycles. The molecule has 4 rings (SSSR count). The largest absolute Gasteiger partial charge is 0.390 e. The maximum Gasteiger partial charge on any atom is 0.267 e. The van der Waals surface area contributed by atoms with E-state index in [1.54, 1.807) is 6.92 Å². The molecular weight excluding hydrogens is 252 g/mol. The van der Waals surface area contributed by atoms with Crippen LogP contribution >= 0.6 is 0 Å². The van der Waals surface area contributed by atoms with Crippen molar-refractivity contribution in [2.75, 3.05) is 0 Å². The lowest BCUT2D eigenvalue weighted by Gasteiger charge is -2.45. The molecule has 4 aliphatic carbocycles. The van der Waals surface area contributed by atoms with Gasteiger partial charge in [-0.15, -0.1) is 0 Å². The molecule has 18 heavy (non-hydrogen) atoms. The summed E-state index contributed by atoms with van der Waals surface area (Å²) in [6, 6.07) is 0. The van der Waals surface area contributed by atoms with Crippen LogP contribution < -0.4 is 0 Å². The van der Waals surface area contributed by atoms with Crippen molar-refractivity contribution in [3.8, 4) is 0 Å². The van der Waals surface area contributed by atoms with Crippen LogP contribution in [0.25, 0.3) is 0 Å². The predicted molar refractivity (Wildman–Crippen MR) is 67.6 cm³/mol. The minimum Gasteiger partial charge on any atom is -0.390 e. The molecule has 0 heterocycles. The molecule has 0 saturated heterocycles. The van der Waals surface area contributed by atoms with Gasteiger partial charge in [-0.25, -0.2) is 0 Å².